The highest BCUT2D eigenvalue weighted by molar-refractivity contribution is 7.92. The maximum Gasteiger partial charge on any atom is 0.244 e. The van der Waals surface area contributed by atoms with E-state index in [0.29, 0.717) is 22.0 Å². The molecule has 2 rings (SSSR count). The molecule has 1 N–H and O–H groups in total. The molecule has 2 atom stereocenters. The first-order chi connectivity index (χ1) is 16.8. The first kappa shape index (κ1) is 30.5. The van der Waals surface area contributed by atoms with Gasteiger partial charge in [0.2, 0.25) is 21.8 Å². The Balaban J connectivity index is 2.52. The number of carbonyl (C=O) groups is 2. The Morgan fingerprint density at radius 3 is 2.06 bits per heavy atom. The topological polar surface area (TPSA) is 86.8 Å². The normalized spacial score (nSPS) is 13.1. The molecule has 0 aliphatic carbocycles. The molecule has 36 heavy (non-hydrogen) atoms. The van der Waals surface area contributed by atoms with E-state index in [1.807, 2.05) is 13.8 Å². The maximum absolute atomic E-state index is 13.7. The van der Waals surface area contributed by atoms with Crippen molar-refractivity contribution < 1.29 is 18.0 Å². The molecular weight excluding hydrogens is 568 g/mol. The van der Waals surface area contributed by atoms with Gasteiger partial charge in [0.05, 0.1) is 22.0 Å². The molecule has 0 aromatic heterocycles. The van der Waals surface area contributed by atoms with Gasteiger partial charge in [-0.3, -0.25) is 13.9 Å². The minimum absolute atomic E-state index is 0.0945. The van der Waals surface area contributed by atoms with Crippen LogP contribution >= 0.6 is 46.4 Å². The van der Waals surface area contributed by atoms with Crippen LogP contribution in [-0.2, 0) is 26.2 Å². The second-order valence-electron chi connectivity index (χ2n) is 8.33. The van der Waals surface area contributed by atoms with Crippen LogP contribution in [0, 0.1) is 0 Å². The van der Waals surface area contributed by atoms with Crippen LogP contribution in [-0.4, -0.2) is 50.0 Å². The predicted molar refractivity (Wildman–Crippen MR) is 148 cm³/mol. The number of benzene rings is 2. The van der Waals surface area contributed by atoms with Crippen LogP contribution in [0.2, 0.25) is 20.1 Å². The SMILES string of the molecule is CC[C@@H](C)NC(=O)[C@H](CC)N(Cc1c(Cl)cccc1Cl)C(=O)CN(c1ccc(Cl)c(Cl)c1)S(C)(=O)=O. The summed E-state index contributed by atoms with van der Waals surface area (Å²) >= 11 is 24.8. The van der Waals surface area contributed by atoms with Crippen molar-refractivity contribution in [2.45, 2.75) is 52.2 Å². The molecule has 0 aliphatic heterocycles. The van der Waals surface area contributed by atoms with Gasteiger partial charge in [-0.2, -0.15) is 0 Å². The number of rotatable bonds is 11. The molecule has 0 bridgehead atoms. The van der Waals surface area contributed by atoms with Crippen LogP contribution in [0.15, 0.2) is 36.4 Å². The van der Waals surface area contributed by atoms with Crippen molar-refractivity contribution in [3.05, 3.63) is 62.1 Å². The quantitative estimate of drug-likeness (QED) is 0.356. The molecule has 2 aromatic carbocycles. The van der Waals surface area contributed by atoms with E-state index in [4.69, 9.17) is 46.4 Å². The number of hydrogen-bond donors (Lipinski definition) is 1. The van der Waals surface area contributed by atoms with Crippen molar-refractivity contribution in [3.8, 4) is 0 Å². The molecule has 198 valence electrons. The monoisotopic (exact) mass is 595 g/mol. The summed E-state index contributed by atoms with van der Waals surface area (Å²) in [7, 11) is -3.91. The minimum Gasteiger partial charge on any atom is -0.352 e. The number of anilines is 1. The maximum atomic E-state index is 13.7. The van der Waals surface area contributed by atoms with Crippen molar-refractivity contribution in [2.75, 3.05) is 17.1 Å². The van der Waals surface area contributed by atoms with Gasteiger partial charge in [0.1, 0.15) is 12.6 Å². The smallest absolute Gasteiger partial charge is 0.244 e. The van der Waals surface area contributed by atoms with Crippen molar-refractivity contribution in [1.82, 2.24) is 10.2 Å². The van der Waals surface area contributed by atoms with Gasteiger partial charge >= 0.3 is 0 Å². The Bertz CT molecular complexity index is 1190. The van der Waals surface area contributed by atoms with Crippen molar-refractivity contribution in [2.24, 2.45) is 0 Å². The number of sulfonamides is 1. The summed E-state index contributed by atoms with van der Waals surface area (Å²) < 4.78 is 26.3. The van der Waals surface area contributed by atoms with Gasteiger partial charge in [-0.25, -0.2) is 8.42 Å². The van der Waals surface area contributed by atoms with Gasteiger partial charge in [-0.05, 0) is 50.1 Å². The number of nitrogens with zero attached hydrogens (tertiary/aromatic N) is 2. The Hall–Kier alpha value is -1.71. The van der Waals surface area contributed by atoms with Crippen molar-refractivity contribution in [3.63, 3.8) is 0 Å². The summed E-state index contributed by atoms with van der Waals surface area (Å²) in [5, 5.41) is 3.91. The molecule has 0 saturated heterocycles. The summed E-state index contributed by atoms with van der Waals surface area (Å²) in [5.74, 6) is -0.975. The average Bonchev–Trinajstić information content (AvgIpc) is 2.80. The van der Waals surface area contributed by atoms with E-state index in [9.17, 15) is 18.0 Å². The van der Waals surface area contributed by atoms with Crippen LogP contribution in [0.5, 0.6) is 0 Å². The van der Waals surface area contributed by atoms with Crippen LogP contribution in [0.1, 0.15) is 39.2 Å². The standard InChI is InChI=1S/C24H29Cl4N3O4S/c1-5-15(3)29-24(33)22(6-2)30(13-17-18(25)8-7-9-19(17)26)23(32)14-31(36(4,34)35)16-10-11-20(27)21(28)12-16/h7-12,15,22H,5-6,13-14H2,1-4H3,(H,29,33)/t15-,22+/m1/s1. The Labute approximate surface area is 232 Å². The fourth-order valence-corrected chi connectivity index (χ4v) is 5.12. The largest absolute Gasteiger partial charge is 0.352 e. The second kappa shape index (κ2) is 13.2. The third kappa shape index (κ3) is 7.89. The van der Waals surface area contributed by atoms with Crippen LogP contribution in [0.3, 0.4) is 0 Å². The lowest BCUT2D eigenvalue weighted by Gasteiger charge is -2.33. The van der Waals surface area contributed by atoms with E-state index in [0.717, 1.165) is 10.6 Å². The zero-order valence-corrected chi connectivity index (χ0v) is 24.2. The van der Waals surface area contributed by atoms with E-state index in [1.165, 1.54) is 23.1 Å². The molecule has 2 aromatic rings. The van der Waals surface area contributed by atoms with Crippen molar-refractivity contribution in [1.29, 1.82) is 0 Å². The lowest BCUT2D eigenvalue weighted by atomic mass is 10.1. The van der Waals surface area contributed by atoms with Crippen LogP contribution < -0.4 is 9.62 Å². The lowest BCUT2D eigenvalue weighted by molar-refractivity contribution is -0.140. The Morgan fingerprint density at radius 2 is 1.56 bits per heavy atom. The van der Waals surface area contributed by atoms with Gasteiger partial charge in [-0.15, -0.1) is 0 Å². The molecular formula is C24H29Cl4N3O4S. The Kier molecular flexibility index (Phi) is 11.2. The summed E-state index contributed by atoms with van der Waals surface area (Å²) in [5.41, 5.74) is 0.609. The summed E-state index contributed by atoms with van der Waals surface area (Å²) in [6.07, 6.45) is 1.96. The van der Waals surface area contributed by atoms with Gasteiger partial charge in [0.15, 0.2) is 0 Å². The van der Waals surface area contributed by atoms with Gasteiger partial charge in [-0.1, -0.05) is 66.3 Å². The van der Waals surface area contributed by atoms with Crippen LogP contribution in [0.25, 0.3) is 0 Å². The van der Waals surface area contributed by atoms with E-state index in [1.54, 1.807) is 25.1 Å². The average molecular weight is 597 g/mol. The highest BCUT2D eigenvalue weighted by atomic mass is 35.5. The van der Waals surface area contributed by atoms with Gasteiger partial charge < -0.3 is 10.2 Å². The molecule has 0 spiro atoms. The third-order valence-corrected chi connectivity index (χ3v) is 8.24. The first-order valence-corrected chi connectivity index (χ1v) is 14.6. The van der Waals surface area contributed by atoms with Crippen LogP contribution in [0.4, 0.5) is 5.69 Å². The summed E-state index contributed by atoms with van der Waals surface area (Å²) in [4.78, 5) is 28.2. The number of carbonyl (C=O) groups excluding carboxylic acids is 2. The number of hydrogen-bond acceptors (Lipinski definition) is 4. The molecule has 0 radical (unpaired) electrons. The first-order valence-electron chi connectivity index (χ1n) is 11.3. The molecule has 12 heteroatoms. The number of amides is 2. The fraction of sp³-hybridized carbons (Fsp3) is 0.417. The third-order valence-electron chi connectivity index (χ3n) is 5.65. The number of nitrogens with one attached hydrogen (secondary N) is 1. The zero-order chi connectivity index (χ0) is 27.2. The fourth-order valence-electron chi connectivity index (χ4n) is 3.47. The predicted octanol–water partition coefficient (Wildman–Crippen LogP) is 5.79. The van der Waals surface area contributed by atoms with Gasteiger partial charge in [0, 0.05) is 28.2 Å². The lowest BCUT2D eigenvalue weighted by Crippen LogP contribution is -2.53. The Morgan fingerprint density at radius 1 is 0.944 bits per heavy atom. The molecule has 2 amide bonds. The number of halogens is 4. The van der Waals surface area contributed by atoms with E-state index >= 15 is 0 Å². The molecule has 7 nitrogen and oxygen atoms in total. The molecule has 0 aliphatic rings. The van der Waals surface area contributed by atoms with Gasteiger partial charge in [0.25, 0.3) is 0 Å². The second-order valence-corrected chi connectivity index (χ2v) is 11.9. The molecule has 0 fully saturated rings. The minimum atomic E-state index is -3.91. The molecule has 0 heterocycles. The molecule has 0 unspecified atom stereocenters. The zero-order valence-electron chi connectivity index (χ0n) is 20.4. The molecule has 0 saturated carbocycles. The highest BCUT2D eigenvalue weighted by Crippen LogP contribution is 2.30. The van der Waals surface area contributed by atoms with E-state index in [2.05, 4.69) is 5.32 Å². The summed E-state index contributed by atoms with van der Waals surface area (Å²) in [6.45, 7) is 4.88. The van der Waals surface area contributed by atoms with E-state index in [-0.39, 0.29) is 40.6 Å². The van der Waals surface area contributed by atoms with Crippen molar-refractivity contribution >= 4 is 73.9 Å². The van der Waals surface area contributed by atoms with E-state index < -0.39 is 28.5 Å². The highest BCUT2D eigenvalue weighted by Gasteiger charge is 2.33. The summed E-state index contributed by atoms with van der Waals surface area (Å²) in [6, 6.07) is 8.17.